The molecule has 2 N–H and O–H groups in total. The summed E-state index contributed by atoms with van der Waals surface area (Å²) in [7, 11) is 1.96. The van der Waals surface area contributed by atoms with Gasteiger partial charge in [0.05, 0.1) is 5.92 Å². The van der Waals surface area contributed by atoms with Crippen LogP contribution in [0.2, 0.25) is 0 Å². The Morgan fingerprint density at radius 3 is 2.25 bits per heavy atom. The van der Waals surface area contributed by atoms with Crippen molar-refractivity contribution in [2.24, 2.45) is 11.8 Å². The van der Waals surface area contributed by atoms with Gasteiger partial charge in [0.2, 0.25) is 0 Å². The number of ketones is 1. The standard InChI is InChI=1S/C16H29NO3/c1-17-12-8-4-2-3-5-11-15(18)13-9-6-7-10-14(13)16(19)20/h13-14,17H,2-12H2,1H3,(H,19,20)/t13-,14+/m0/s1. The Morgan fingerprint density at radius 2 is 1.60 bits per heavy atom. The van der Waals surface area contributed by atoms with Gasteiger partial charge in [-0.1, -0.05) is 32.1 Å². The second kappa shape index (κ2) is 9.92. The average molecular weight is 283 g/mol. The van der Waals surface area contributed by atoms with Gasteiger partial charge in [0.25, 0.3) is 0 Å². The molecule has 4 nitrogen and oxygen atoms in total. The van der Waals surface area contributed by atoms with Crippen molar-refractivity contribution in [2.45, 2.75) is 64.2 Å². The van der Waals surface area contributed by atoms with E-state index in [2.05, 4.69) is 5.32 Å². The van der Waals surface area contributed by atoms with Crippen LogP contribution in [-0.4, -0.2) is 30.5 Å². The van der Waals surface area contributed by atoms with Crippen LogP contribution in [0.4, 0.5) is 0 Å². The summed E-state index contributed by atoms with van der Waals surface area (Å²) in [6.07, 6.45) is 9.54. The van der Waals surface area contributed by atoms with Crippen molar-refractivity contribution < 1.29 is 14.7 Å². The summed E-state index contributed by atoms with van der Waals surface area (Å²) in [6.45, 7) is 1.06. The summed E-state index contributed by atoms with van der Waals surface area (Å²) in [5.41, 5.74) is 0. The number of hydrogen-bond acceptors (Lipinski definition) is 3. The molecule has 1 rings (SSSR count). The van der Waals surface area contributed by atoms with Gasteiger partial charge in [-0.25, -0.2) is 0 Å². The summed E-state index contributed by atoms with van der Waals surface area (Å²) in [5.74, 6) is -1.24. The number of aliphatic carboxylic acids is 1. The molecule has 0 bridgehead atoms. The molecule has 0 aromatic carbocycles. The lowest BCUT2D eigenvalue weighted by atomic mass is 9.76. The van der Waals surface area contributed by atoms with Crippen LogP contribution in [0.3, 0.4) is 0 Å². The van der Waals surface area contributed by atoms with Crippen molar-refractivity contribution in [2.75, 3.05) is 13.6 Å². The maximum Gasteiger partial charge on any atom is 0.307 e. The first-order chi connectivity index (χ1) is 9.66. The van der Waals surface area contributed by atoms with Crippen molar-refractivity contribution in [1.82, 2.24) is 5.32 Å². The number of carbonyl (C=O) groups excluding carboxylic acids is 1. The minimum absolute atomic E-state index is 0.187. The highest BCUT2D eigenvalue weighted by Gasteiger charge is 2.34. The van der Waals surface area contributed by atoms with Crippen molar-refractivity contribution in [1.29, 1.82) is 0 Å². The Labute approximate surface area is 122 Å². The molecule has 4 heteroatoms. The first-order valence-electron chi connectivity index (χ1n) is 8.07. The van der Waals surface area contributed by atoms with Crippen LogP contribution < -0.4 is 5.32 Å². The van der Waals surface area contributed by atoms with Gasteiger partial charge in [-0.3, -0.25) is 9.59 Å². The highest BCUT2D eigenvalue weighted by Crippen LogP contribution is 2.32. The third-order valence-corrected chi connectivity index (χ3v) is 4.35. The lowest BCUT2D eigenvalue weighted by Gasteiger charge is -2.27. The molecule has 1 aliphatic rings. The number of unbranched alkanes of at least 4 members (excludes halogenated alkanes) is 4. The Kier molecular flexibility index (Phi) is 8.51. The highest BCUT2D eigenvalue weighted by atomic mass is 16.4. The molecular weight excluding hydrogens is 254 g/mol. The average Bonchev–Trinajstić information content (AvgIpc) is 2.46. The number of carbonyl (C=O) groups is 2. The van der Waals surface area contributed by atoms with E-state index in [0.29, 0.717) is 12.8 Å². The molecule has 1 saturated carbocycles. The van der Waals surface area contributed by atoms with Crippen molar-refractivity contribution >= 4 is 11.8 Å². The summed E-state index contributed by atoms with van der Waals surface area (Å²) in [5, 5.41) is 12.3. The minimum atomic E-state index is -0.782. The Balaban J connectivity index is 2.19. The topological polar surface area (TPSA) is 66.4 Å². The van der Waals surface area contributed by atoms with E-state index in [1.165, 1.54) is 19.3 Å². The predicted molar refractivity (Wildman–Crippen MR) is 79.7 cm³/mol. The van der Waals surface area contributed by atoms with E-state index in [0.717, 1.165) is 38.6 Å². The van der Waals surface area contributed by atoms with Crippen molar-refractivity contribution in [3.63, 3.8) is 0 Å². The zero-order valence-electron chi connectivity index (χ0n) is 12.7. The fourth-order valence-electron chi connectivity index (χ4n) is 3.13. The van der Waals surface area contributed by atoms with Crippen LogP contribution in [0, 0.1) is 11.8 Å². The van der Waals surface area contributed by atoms with Crippen molar-refractivity contribution in [3.8, 4) is 0 Å². The van der Waals surface area contributed by atoms with Crippen LogP contribution in [0.1, 0.15) is 64.2 Å². The second-order valence-electron chi connectivity index (χ2n) is 5.92. The van der Waals surface area contributed by atoms with Gasteiger partial charge >= 0.3 is 5.97 Å². The molecule has 0 amide bonds. The molecule has 1 aliphatic carbocycles. The summed E-state index contributed by atoms with van der Waals surface area (Å²) in [4.78, 5) is 23.4. The number of Topliss-reactive ketones (excluding diaryl/α,β-unsaturated/α-hetero) is 1. The number of rotatable bonds is 10. The number of nitrogens with one attached hydrogen (secondary N) is 1. The molecule has 0 aromatic heterocycles. The van der Waals surface area contributed by atoms with Gasteiger partial charge in [0.15, 0.2) is 0 Å². The number of hydrogen-bond donors (Lipinski definition) is 2. The van der Waals surface area contributed by atoms with Crippen LogP contribution >= 0.6 is 0 Å². The van der Waals surface area contributed by atoms with Gasteiger partial charge < -0.3 is 10.4 Å². The smallest absolute Gasteiger partial charge is 0.307 e. The lowest BCUT2D eigenvalue weighted by Crippen LogP contribution is -2.32. The van der Waals surface area contributed by atoms with E-state index in [4.69, 9.17) is 0 Å². The molecule has 0 aliphatic heterocycles. The predicted octanol–water partition coefficient (Wildman–Crippen LogP) is 3.01. The van der Waals surface area contributed by atoms with E-state index in [9.17, 15) is 14.7 Å². The monoisotopic (exact) mass is 283 g/mol. The molecule has 116 valence electrons. The number of carboxylic acids is 1. The number of carboxylic acid groups (broad SMARTS) is 1. The SMILES string of the molecule is CNCCCCCCCC(=O)[C@H]1CCCC[C@H]1C(=O)O. The van der Waals surface area contributed by atoms with Gasteiger partial charge in [-0.05, 0) is 39.3 Å². The van der Waals surface area contributed by atoms with Crippen LogP contribution in [0.5, 0.6) is 0 Å². The zero-order chi connectivity index (χ0) is 14.8. The van der Waals surface area contributed by atoms with Crippen LogP contribution in [0.15, 0.2) is 0 Å². The maximum atomic E-state index is 12.2. The third kappa shape index (κ3) is 6.04. The molecule has 1 fully saturated rings. The Bertz CT molecular complexity index is 304. The van der Waals surface area contributed by atoms with Gasteiger partial charge in [0.1, 0.15) is 5.78 Å². The molecule has 2 atom stereocenters. The molecular formula is C16H29NO3. The molecule has 20 heavy (non-hydrogen) atoms. The van der Waals surface area contributed by atoms with E-state index in [1.54, 1.807) is 0 Å². The summed E-state index contributed by atoms with van der Waals surface area (Å²) >= 11 is 0. The molecule has 0 aromatic rings. The summed E-state index contributed by atoms with van der Waals surface area (Å²) < 4.78 is 0. The largest absolute Gasteiger partial charge is 0.481 e. The zero-order valence-corrected chi connectivity index (χ0v) is 12.7. The first-order valence-corrected chi connectivity index (χ1v) is 8.07. The molecule has 0 heterocycles. The van der Waals surface area contributed by atoms with Crippen LogP contribution in [0.25, 0.3) is 0 Å². The summed E-state index contributed by atoms with van der Waals surface area (Å²) in [6, 6.07) is 0. The van der Waals surface area contributed by atoms with E-state index in [1.807, 2.05) is 7.05 Å². The van der Waals surface area contributed by atoms with E-state index in [-0.39, 0.29) is 11.7 Å². The maximum absolute atomic E-state index is 12.2. The third-order valence-electron chi connectivity index (χ3n) is 4.35. The molecule has 0 saturated heterocycles. The first kappa shape index (κ1) is 17.2. The fourth-order valence-corrected chi connectivity index (χ4v) is 3.13. The van der Waals surface area contributed by atoms with E-state index < -0.39 is 11.9 Å². The van der Waals surface area contributed by atoms with E-state index >= 15 is 0 Å². The van der Waals surface area contributed by atoms with Gasteiger partial charge in [-0.2, -0.15) is 0 Å². The second-order valence-corrected chi connectivity index (χ2v) is 5.92. The normalized spacial score (nSPS) is 22.6. The molecule has 0 radical (unpaired) electrons. The fraction of sp³-hybridized carbons (Fsp3) is 0.875. The Morgan fingerprint density at radius 1 is 1.00 bits per heavy atom. The quantitative estimate of drug-likeness (QED) is 0.605. The van der Waals surface area contributed by atoms with Gasteiger partial charge in [0, 0.05) is 12.3 Å². The lowest BCUT2D eigenvalue weighted by molar-refractivity contribution is -0.148. The Hall–Kier alpha value is -0.900. The van der Waals surface area contributed by atoms with Gasteiger partial charge in [-0.15, -0.1) is 0 Å². The molecule has 0 unspecified atom stereocenters. The van der Waals surface area contributed by atoms with Crippen molar-refractivity contribution in [3.05, 3.63) is 0 Å². The van der Waals surface area contributed by atoms with Crippen LogP contribution in [-0.2, 0) is 9.59 Å². The highest BCUT2D eigenvalue weighted by molar-refractivity contribution is 5.86. The minimum Gasteiger partial charge on any atom is -0.481 e. The molecule has 0 spiro atoms.